The molecule has 0 spiro atoms. The van der Waals surface area contributed by atoms with Crippen molar-refractivity contribution in [2.45, 2.75) is 46.3 Å². The number of anilines is 1. The van der Waals surface area contributed by atoms with Crippen molar-refractivity contribution in [2.75, 3.05) is 12.3 Å². The minimum absolute atomic E-state index is 0.206. The Hall–Kier alpha value is -1.49. The number of carbonyl (C=O) groups excluding carboxylic acids is 1. The molecule has 108 valence electrons. The zero-order valence-corrected chi connectivity index (χ0v) is 12.2. The monoisotopic (exact) mass is 267 g/mol. The maximum absolute atomic E-state index is 12.1. The molecule has 0 fully saturated rings. The average molecular weight is 267 g/mol. The number of nitrogens with zero attached hydrogens (tertiary/aromatic N) is 1. The van der Waals surface area contributed by atoms with E-state index in [1.165, 1.54) is 0 Å². The Balaban J connectivity index is 2.65. The van der Waals surface area contributed by atoms with Gasteiger partial charge in [0.15, 0.2) is 0 Å². The number of carbonyl (C=O) groups is 1. The second-order valence-corrected chi connectivity index (χ2v) is 5.72. The van der Waals surface area contributed by atoms with Crippen LogP contribution in [0.25, 0.3) is 0 Å². The second-order valence-electron chi connectivity index (χ2n) is 5.72. The number of rotatable bonds is 6. The summed E-state index contributed by atoms with van der Waals surface area (Å²) in [6, 6.07) is 1.65. The van der Waals surface area contributed by atoms with Crippen molar-refractivity contribution in [3.05, 3.63) is 18.0 Å². The minimum Gasteiger partial charge on any atom is -0.397 e. The quantitative estimate of drug-likeness (QED) is 0.732. The molecule has 4 N–H and O–H groups in total. The van der Waals surface area contributed by atoms with Crippen LogP contribution in [0.2, 0.25) is 0 Å². The van der Waals surface area contributed by atoms with Crippen LogP contribution in [0, 0.1) is 5.92 Å². The van der Waals surface area contributed by atoms with E-state index in [-0.39, 0.29) is 12.5 Å². The van der Waals surface area contributed by atoms with Gasteiger partial charge in [-0.25, -0.2) is 0 Å². The van der Waals surface area contributed by atoms with Gasteiger partial charge in [0.2, 0.25) is 0 Å². The molecule has 0 aromatic carbocycles. The molecule has 0 aliphatic carbocycles. The van der Waals surface area contributed by atoms with E-state index in [0.29, 0.717) is 30.3 Å². The molecule has 1 atom stereocenters. The van der Waals surface area contributed by atoms with Gasteiger partial charge in [0, 0.05) is 19.3 Å². The molecule has 1 rings (SSSR count). The third-order valence-corrected chi connectivity index (χ3v) is 2.97. The van der Waals surface area contributed by atoms with Crippen LogP contribution in [0.15, 0.2) is 12.3 Å². The third kappa shape index (κ3) is 4.59. The van der Waals surface area contributed by atoms with Gasteiger partial charge in [-0.05, 0) is 32.3 Å². The zero-order chi connectivity index (χ0) is 14.6. The van der Waals surface area contributed by atoms with Gasteiger partial charge >= 0.3 is 0 Å². The lowest BCUT2D eigenvalue weighted by atomic mass is 9.94. The highest BCUT2D eigenvalue weighted by atomic mass is 16.3. The number of nitrogen functional groups attached to an aromatic ring is 1. The number of amides is 1. The van der Waals surface area contributed by atoms with Crippen LogP contribution < -0.4 is 11.1 Å². The number of aromatic nitrogens is 1. The van der Waals surface area contributed by atoms with Gasteiger partial charge in [-0.3, -0.25) is 4.79 Å². The van der Waals surface area contributed by atoms with E-state index in [1.807, 2.05) is 20.8 Å². The molecule has 0 saturated heterocycles. The predicted molar refractivity (Wildman–Crippen MR) is 76.9 cm³/mol. The van der Waals surface area contributed by atoms with E-state index in [1.54, 1.807) is 23.8 Å². The lowest BCUT2D eigenvalue weighted by Gasteiger charge is -2.25. The first kappa shape index (κ1) is 15.6. The molecule has 5 nitrogen and oxygen atoms in total. The Morgan fingerprint density at radius 3 is 2.74 bits per heavy atom. The molecular formula is C14H25N3O2. The van der Waals surface area contributed by atoms with Crippen LogP contribution in [0.3, 0.4) is 0 Å². The number of aliphatic hydroxyl groups is 1. The third-order valence-electron chi connectivity index (χ3n) is 2.97. The van der Waals surface area contributed by atoms with E-state index >= 15 is 0 Å². The Kier molecular flexibility index (Phi) is 5.00. The Morgan fingerprint density at radius 2 is 2.21 bits per heavy atom. The molecule has 0 aliphatic rings. The van der Waals surface area contributed by atoms with Crippen molar-refractivity contribution >= 4 is 11.6 Å². The van der Waals surface area contributed by atoms with Gasteiger partial charge in [0.05, 0.1) is 11.3 Å². The molecule has 1 aromatic rings. The number of nitrogens with one attached hydrogen (secondary N) is 1. The van der Waals surface area contributed by atoms with Gasteiger partial charge in [-0.15, -0.1) is 0 Å². The van der Waals surface area contributed by atoms with Crippen molar-refractivity contribution in [1.29, 1.82) is 0 Å². The van der Waals surface area contributed by atoms with Crippen LogP contribution in [-0.2, 0) is 6.54 Å². The number of aryl methyl sites for hydroxylation is 1. The summed E-state index contributed by atoms with van der Waals surface area (Å²) in [4.78, 5) is 12.1. The van der Waals surface area contributed by atoms with Crippen LogP contribution in [0.4, 0.5) is 5.69 Å². The highest BCUT2D eigenvalue weighted by Gasteiger charge is 2.23. The maximum atomic E-state index is 12.1. The van der Waals surface area contributed by atoms with Crippen LogP contribution in [0.1, 0.15) is 44.6 Å². The molecule has 1 heterocycles. The number of hydrogen-bond acceptors (Lipinski definition) is 3. The molecule has 0 bridgehead atoms. The summed E-state index contributed by atoms with van der Waals surface area (Å²) < 4.78 is 1.79. The van der Waals surface area contributed by atoms with E-state index in [4.69, 9.17) is 5.73 Å². The SMILES string of the molecule is CCn1cc(N)cc1C(=O)NCC(C)(O)CC(C)C. The van der Waals surface area contributed by atoms with Crippen LogP contribution in [-0.4, -0.2) is 27.7 Å². The zero-order valence-electron chi connectivity index (χ0n) is 12.2. The standard InChI is InChI=1S/C14H25N3O2/c1-5-17-8-11(15)6-12(17)13(18)16-9-14(4,19)7-10(2)3/h6,8,10,19H,5,7,9,15H2,1-4H3,(H,16,18). The first-order valence-corrected chi connectivity index (χ1v) is 6.71. The first-order valence-electron chi connectivity index (χ1n) is 6.71. The molecule has 1 aromatic heterocycles. The molecular weight excluding hydrogens is 242 g/mol. The fourth-order valence-corrected chi connectivity index (χ4v) is 2.30. The minimum atomic E-state index is -0.890. The lowest BCUT2D eigenvalue weighted by molar-refractivity contribution is 0.0367. The molecule has 1 unspecified atom stereocenters. The fourth-order valence-electron chi connectivity index (χ4n) is 2.30. The predicted octanol–water partition coefficient (Wildman–Crippen LogP) is 1.62. The molecule has 5 heteroatoms. The summed E-state index contributed by atoms with van der Waals surface area (Å²) in [6.07, 6.45) is 2.38. The highest BCUT2D eigenvalue weighted by Crippen LogP contribution is 2.16. The van der Waals surface area contributed by atoms with Crippen molar-refractivity contribution in [3.63, 3.8) is 0 Å². The summed E-state index contributed by atoms with van der Waals surface area (Å²) in [5.41, 5.74) is 5.90. The van der Waals surface area contributed by atoms with E-state index < -0.39 is 5.60 Å². The van der Waals surface area contributed by atoms with Crippen molar-refractivity contribution in [3.8, 4) is 0 Å². The Labute approximate surface area is 114 Å². The summed E-state index contributed by atoms with van der Waals surface area (Å²) in [7, 11) is 0. The fraction of sp³-hybridized carbons (Fsp3) is 0.643. The molecule has 1 amide bonds. The highest BCUT2D eigenvalue weighted by molar-refractivity contribution is 5.93. The molecule has 0 radical (unpaired) electrons. The van der Waals surface area contributed by atoms with Crippen LogP contribution >= 0.6 is 0 Å². The topological polar surface area (TPSA) is 80.3 Å². The van der Waals surface area contributed by atoms with Gasteiger partial charge in [-0.1, -0.05) is 13.8 Å². The smallest absolute Gasteiger partial charge is 0.268 e. The normalized spacial score (nSPS) is 14.4. The first-order chi connectivity index (χ1) is 8.75. The van der Waals surface area contributed by atoms with Gasteiger partial charge in [0.25, 0.3) is 5.91 Å². The van der Waals surface area contributed by atoms with E-state index in [9.17, 15) is 9.90 Å². The summed E-state index contributed by atoms with van der Waals surface area (Å²) in [5.74, 6) is 0.171. The average Bonchev–Trinajstić information content (AvgIpc) is 2.66. The number of nitrogens with two attached hydrogens (primary N) is 1. The number of hydrogen-bond donors (Lipinski definition) is 3. The molecule has 0 saturated carbocycles. The lowest BCUT2D eigenvalue weighted by Crippen LogP contribution is -2.41. The van der Waals surface area contributed by atoms with Gasteiger partial charge in [0.1, 0.15) is 5.69 Å². The summed E-state index contributed by atoms with van der Waals surface area (Å²) in [5, 5.41) is 12.9. The van der Waals surface area contributed by atoms with Gasteiger partial charge in [-0.2, -0.15) is 0 Å². The van der Waals surface area contributed by atoms with E-state index in [0.717, 1.165) is 0 Å². The molecule has 0 aliphatic heterocycles. The van der Waals surface area contributed by atoms with Crippen molar-refractivity contribution in [2.24, 2.45) is 5.92 Å². The molecule has 19 heavy (non-hydrogen) atoms. The maximum Gasteiger partial charge on any atom is 0.268 e. The van der Waals surface area contributed by atoms with Crippen molar-refractivity contribution in [1.82, 2.24) is 9.88 Å². The van der Waals surface area contributed by atoms with Crippen molar-refractivity contribution < 1.29 is 9.90 Å². The summed E-state index contributed by atoms with van der Waals surface area (Å²) >= 11 is 0. The second kappa shape index (κ2) is 6.10. The van der Waals surface area contributed by atoms with Gasteiger partial charge < -0.3 is 20.7 Å². The largest absolute Gasteiger partial charge is 0.397 e. The van der Waals surface area contributed by atoms with Crippen LogP contribution in [0.5, 0.6) is 0 Å². The van der Waals surface area contributed by atoms with E-state index in [2.05, 4.69) is 5.32 Å². The Bertz CT molecular complexity index is 436. The summed E-state index contributed by atoms with van der Waals surface area (Å²) in [6.45, 7) is 8.69. The Morgan fingerprint density at radius 1 is 1.58 bits per heavy atom.